The largest absolute Gasteiger partial charge is 0.453 e. The van der Waals surface area contributed by atoms with Gasteiger partial charge in [0, 0.05) is 23.8 Å². The van der Waals surface area contributed by atoms with E-state index in [1.165, 1.54) is 55.5 Å². The standard InChI is InChI=1S/C20H16N2O6S/c1-13-3-9-18(10-4-13)29(26,27)21-15-11-14(2)20(23)19(12-15)28-17-7-5-16(6-8-17)22(24)25/h3-12H,1-2H3/b21-15-. The fraction of sp³-hybridized carbons (Fsp3) is 0.100. The molecule has 0 N–H and O–H groups in total. The second-order valence-electron chi connectivity index (χ2n) is 6.32. The number of hydrogen-bond donors (Lipinski definition) is 0. The first kappa shape index (κ1) is 20.2. The summed E-state index contributed by atoms with van der Waals surface area (Å²) in [6.45, 7) is 3.36. The highest BCUT2D eigenvalue weighted by Crippen LogP contribution is 2.23. The van der Waals surface area contributed by atoms with Crippen LogP contribution in [0.15, 0.2) is 81.3 Å². The number of nitro groups is 1. The van der Waals surface area contributed by atoms with Gasteiger partial charge in [0.15, 0.2) is 5.76 Å². The van der Waals surface area contributed by atoms with Crippen LogP contribution in [0, 0.1) is 17.0 Å². The Morgan fingerprint density at radius 1 is 0.966 bits per heavy atom. The Hall–Kier alpha value is -3.59. The molecular formula is C20H16N2O6S. The van der Waals surface area contributed by atoms with Gasteiger partial charge in [-0.3, -0.25) is 14.9 Å². The topological polar surface area (TPSA) is 116 Å². The van der Waals surface area contributed by atoms with Gasteiger partial charge in [0.2, 0.25) is 5.78 Å². The van der Waals surface area contributed by atoms with E-state index in [1.807, 2.05) is 6.92 Å². The van der Waals surface area contributed by atoms with Crippen LogP contribution < -0.4 is 4.74 Å². The molecule has 2 aromatic rings. The van der Waals surface area contributed by atoms with E-state index in [0.29, 0.717) is 0 Å². The molecule has 0 saturated heterocycles. The SMILES string of the molecule is CC1=C/C(=N/S(=O)(=O)c2ccc(C)cc2)C=C(Oc2ccc([N+](=O)[O-])cc2)C1=O. The molecule has 0 atom stereocenters. The van der Waals surface area contributed by atoms with Crippen LogP contribution in [0.5, 0.6) is 5.75 Å². The number of ether oxygens (including phenoxy) is 1. The molecule has 0 radical (unpaired) electrons. The number of aryl methyl sites for hydroxylation is 1. The van der Waals surface area contributed by atoms with Crippen LogP contribution in [0.1, 0.15) is 12.5 Å². The molecule has 0 fully saturated rings. The molecule has 0 unspecified atom stereocenters. The third-order valence-corrected chi connectivity index (χ3v) is 5.36. The molecule has 1 aliphatic rings. The summed E-state index contributed by atoms with van der Waals surface area (Å²) < 4.78 is 34.4. The summed E-state index contributed by atoms with van der Waals surface area (Å²) in [6.07, 6.45) is 2.58. The van der Waals surface area contributed by atoms with Crippen LogP contribution in [-0.2, 0) is 14.8 Å². The van der Waals surface area contributed by atoms with Crippen molar-refractivity contribution in [1.29, 1.82) is 0 Å². The van der Waals surface area contributed by atoms with E-state index >= 15 is 0 Å². The molecule has 148 valence electrons. The van der Waals surface area contributed by atoms with Crippen LogP contribution >= 0.6 is 0 Å². The zero-order chi connectivity index (χ0) is 21.2. The molecule has 9 heteroatoms. The summed E-state index contributed by atoms with van der Waals surface area (Å²) >= 11 is 0. The van der Waals surface area contributed by atoms with Gasteiger partial charge in [-0.05, 0) is 44.2 Å². The molecule has 8 nitrogen and oxygen atoms in total. The molecule has 0 spiro atoms. The molecule has 0 saturated carbocycles. The van der Waals surface area contributed by atoms with Crippen LogP contribution in [0.3, 0.4) is 0 Å². The summed E-state index contributed by atoms with van der Waals surface area (Å²) in [5.74, 6) is -0.364. The normalized spacial score (nSPS) is 15.7. The summed E-state index contributed by atoms with van der Waals surface area (Å²) in [5, 5.41) is 10.7. The predicted octanol–water partition coefficient (Wildman–Crippen LogP) is 3.52. The molecule has 1 aliphatic carbocycles. The molecule has 29 heavy (non-hydrogen) atoms. The number of sulfonamides is 1. The predicted molar refractivity (Wildman–Crippen MR) is 106 cm³/mol. The van der Waals surface area contributed by atoms with Gasteiger partial charge in [0.05, 0.1) is 15.5 Å². The van der Waals surface area contributed by atoms with Crippen molar-refractivity contribution in [3.8, 4) is 5.75 Å². The molecule has 2 aromatic carbocycles. The Bertz CT molecular complexity index is 1170. The number of benzene rings is 2. The Kier molecular flexibility index (Phi) is 5.42. The van der Waals surface area contributed by atoms with E-state index in [-0.39, 0.29) is 33.4 Å². The number of Topliss-reactive ketones (excluding diaryl/α,β-unsaturated/α-hetero) is 1. The van der Waals surface area contributed by atoms with Crippen molar-refractivity contribution in [2.24, 2.45) is 4.40 Å². The first-order valence-electron chi connectivity index (χ1n) is 8.44. The van der Waals surface area contributed by atoms with Crippen molar-refractivity contribution >= 4 is 27.2 Å². The minimum absolute atomic E-state index is 0.0322. The van der Waals surface area contributed by atoms with Crippen molar-refractivity contribution in [3.63, 3.8) is 0 Å². The number of rotatable bonds is 5. The van der Waals surface area contributed by atoms with E-state index in [9.17, 15) is 23.3 Å². The van der Waals surface area contributed by atoms with E-state index in [1.54, 1.807) is 12.1 Å². The molecule has 0 aliphatic heterocycles. The Morgan fingerprint density at radius 2 is 1.59 bits per heavy atom. The second-order valence-corrected chi connectivity index (χ2v) is 7.93. The van der Waals surface area contributed by atoms with Crippen LogP contribution in [0.4, 0.5) is 5.69 Å². The number of hydrogen-bond acceptors (Lipinski definition) is 6. The molecular weight excluding hydrogens is 396 g/mol. The minimum atomic E-state index is -3.97. The van der Waals surface area contributed by atoms with Crippen molar-refractivity contribution in [2.45, 2.75) is 18.7 Å². The number of carbonyl (C=O) groups excluding carboxylic acids is 1. The lowest BCUT2D eigenvalue weighted by atomic mass is 10.0. The monoisotopic (exact) mass is 412 g/mol. The van der Waals surface area contributed by atoms with Crippen LogP contribution in [-0.4, -0.2) is 24.8 Å². The van der Waals surface area contributed by atoms with E-state index < -0.39 is 20.7 Å². The summed E-state index contributed by atoms with van der Waals surface area (Å²) in [6, 6.07) is 11.4. The van der Waals surface area contributed by atoms with Gasteiger partial charge in [-0.15, -0.1) is 0 Å². The van der Waals surface area contributed by atoms with Gasteiger partial charge in [0.1, 0.15) is 5.75 Å². The van der Waals surface area contributed by atoms with E-state index in [0.717, 1.165) is 5.56 Å². The Labute approximate surface area is 167 Å². The van der Waals surface area contributed by atoms with Crippen LogP contribution in [0.2, 0.25) is 0 Å². The van der Waals surface area contributed by atoms with Crippen LogP contribution in [0.25, 0.3) is 0 Å². The van der Waals surface area contributed by atoms with Crippen molar-refractivity contribution in [1.82, 2.24) is 0 Å². The smallest absolute Gasteiger partial charge is 0.282 e. The fourth-order valence-corrected chi connectivity index (χ4v) is 3.48. The number of carbonyl (C=O) groups is 1. The van der Waals surface area contributed by atoms with Gasteiger partial charge in [-0.1, -0.05) is 17.7 Å². The number of non-ortho nitro benzene ring substituents is 1. The fourth-order valence-electron chi connectivity index (χ4n) is 2.52. The zero-order valence-corrected chi connectivity index (χ0v) is 16.3. The third-order valence-electron chi connectivity index (χ3n) is 4.05. The summed E-state index contributed by atoms with van der Waals surface area (Å²) in [7, 11) is -3.97. The third kappa shape index (κ3) is 4.64. The maximum absolute atomic E-state index is 12.5. The van der Waals surface area contributed by atoms with Crippen molar-refractivity contribution in [3.05, 3.63) is 87.7 Å². The van der Waals surface area contributed by atoms with Gasteiger partial charge >= 0.3 is 0 Å². The molecule has 3 rings (SSSR count). The lowest BCUT2D eigenvalue weighted by Gasteiger charge is -2.13. The average Bonchev–Trinajstić information content (AvgIpc) is 2.66. The average molecular weight is 412 g/mol. The van der Waals surface area contributed by atoms with Gasteiger partial charge in [-0.25, -0.2) is 0 Å². The summed E-state index contributed by atoms with van der Waals surface area (Å²) in [4.78, 5) is 22.6. The highest BCUT2D eigenvalue weighted by atomic mass is 32.2. The number of allylic oxidation sites excluding steroid dienone is 3. The number of nitrogens with zero attached hydrogens (tertiary/aromatic N) is 2. The highest BCUT2D eigenvalue weighted by molar-refractivity contribution is 7.90. The minimum Gasteiger partial charge on any atom is -0.453 e. The van der Waals surface area contributed by atoms with Crippen molar-refractivity contribution < 1.29 is 22.9 Å². The maximum atomic E-state index is 12.5. The number of ketones is 1. The second kappa shape index (κ2) is 7.80. The lowest BCUT2D eigenvalue weighted by molar-refractivity contribution is -0.384. The van der Waals surface area contributed by atoms with Gasteiger partial charge in [-0.2, -0.15) is 12.8 Å². The molecule has 0 amide bonds. The zero-order valence-electron chi connectivity index (χ0n) is 15.5. The first-order chi connectivity index (χ1) is 13.7. The van der Waals surface area contributed by atoms with E-state index in [4.69, 9.17) is 4.74 Å². The van der Waals surface area contributed by atoms with Gasteiger partial charge < -0.3 is 4.74 Å². The molecule has 0 heterocycles. The quantitative estimate of drug-likeness (QED) is 0.421. The maximum Gasteiger partial charge on any atom is 0.282 e. The Morgan fingerprint density at radius 3 is 2.17 bits per heavy atom. The van der Waals surface area contributed by atoms with E-state index in [2.05, 4.69) is 4.40 Å². The molecule has 0 aromatic heterocycles. The van der Waals surface area contributed by atoms with Gasteiger partial charge in [0.25, 0.3) is 15.7 Å². The molecule has 0 bridgehead atoms. The first-order valence-corrected chi connectivity index (χ1v) is 9.88. The summed E-state index contributed by atoms with van der Waals surface area (Å²) in [5.41, 5.74) is 1.08. The van der Waals surface area contributed by atoms with Crippen molar-refractivity contribution in [2.75, 3.05) is 0 Å². The lowest BCUT2D eigenvalue weighted by Crippen LogP contribution is -2.17. The highest BCUT2D eigenvalue weighted by Gasteiger charge is 2.22. The Balaban J connectivity index is 1.92. The number of nitro benzene ring substituents is 1.